The molecule has 0 aliphatic carbocycles. The minimum atomic E-state index is -0.386. The van der Waals surface area contributed by atoms with Crippen LogP contribution in [0.5, 0.6) is 0 Å². The molecule has 0 spiro atoms. The quantitative estimate of drug-likeness (QED) is 0.600. The molecule has 0 amide bonds. The zero-order valence-electron chi connectivity index (χ0n) is 9.84. The van der Waals surface area contributed by atoms with Gasteiger partial charge in [-0.2, -0.15) is 4.89 Å². The molecule has 1 atom stereocenters. The molecule has 0 aromatic heterocycles. The van der Waals surface area contributed by atoms with Gasteiger partial charge in [0.15, 0.2) is 0 Å². The van der Waals surface area contributed by atoms with Crippen molar-refractivity contribution in [3.8, 4) is 0 Å². The van der Waals surface area contributed by atoms with Gasteiger partial charge in [0.2, 0.25) is 0 Å². The molecule has 2 aromatic rings. The Kier molecular flexibility index (Phi) is 3.40. The molecule has 2 aromatic carbocycles. The largest absolute Gasteiger partial charge is 0.349 e. The van der Waals surface area contributed by atoms with Crippen molar-refractivity contribution in [1.29, 1.82) is 0 Å². The Morgan fingerprint density at radius 3 is 2.53 bits per heavy atom. The molecule has 0 aliphatic heterocycles. The van der Waals surface area contributed by atoms with Gasteiger partial charge in [-0.3, -0.25) is 4.89 Å². The molecule has 0 radical (unpaired) electrons. The maximum absolute atomic E-state index is 11.5. The highest BCUT2D eigenvalue weighted by Gasteiger charge is 2.17. The van der Waals surface area contributed by atoms with Crippen molar-refractivity contribution in [3.63, 3.8) is 0 Å². The maximum atomic E-state index is 11.5. The summed E-state index contributed by atoms with van der Waals surface area (Å²) in [5.41, 5.74) is 0.922. The van der Waals surface area contributed by atoms with Gasteiger partial charge in [0.25, 0.3) is 0 Å². The molecule has 3 heteroatoms. The lowest BCUT2D eigenvalue weighted by atomic mass is 9.98. The summed E-state index contributed by atoms with van der Waals surface area (Å²) in [6.07, 6.45) is 0. The molecule has 0 bridgehead atoms. The van der Waals surface area contributed by atoms with Gasteiger partial charge < -0.3 is 0 Å². The van der Waals surface area contributed by atoms with Crippen LogP contribution in [0.25, 0.3) is 10.8 Å². The van der Waals surface area contributed by atoms with Crippen molar-refractivity contribution in [2.45, 2.75) is 12.8 Å². The SMILES string of the molecule is COOC(=O)[C@@H](C)c1ccc2ccccc2c1. The van der Waals surface area contributed by atoms with Crippen LogP contribution in [0.1, 0.15) is 18.4 Å². The van der Waals surface area contributed by atoms with E-state index in [0.29, 0.717) is 0 Å². The Balaban J connectivity index is 2.32. The van der Waals surface area contributed by atoms with Crippen LogP contribution in [0.4, 0.5) is 0 Å². The third-order valence-electron chi connectivity index (χ3n) is 2.79. The van der Waals surface area contributed by atoms with Gasteiger partial charge in [0, 0.05) is 0 Å². The molecule has 0 fully saturated rings. The highest BCUT2D eigenvalue weighted by atomic mass is 17.2. The molecule has 3 nitrogen and oxygen atoms in total. The fourth-order valence-electron chi connectivity index (χ4n) is 1.77. The minimum Gasteiger partial charge on any atom is -0.298 e. The van der Waals surface area contributed by atoms with E-state index < -0.39 is 0 Å². The van der Waals surface area contributed by atoms with Crippen molar-refractivity contribution < 1.29 is 14.6 Å². The van der Waals surface area contributed by atoms with Gasteiger partial charge in [-0.1, -0.05) is 42.5 Å². The van der Waals surface area contributed by atoms with E-state index in [-0.39, 0.29) is 11.9 Å². The van der Waals surface area contributed by atoms with E-state index in [1.165, 1.54) is 7.11 Å². The summed E-state index contributed by atoms with van der Waals surface area (Å²) in [4.78, 5) is 20.4. The van der Waals surface area contributed by atoms with Crippen molar-refractivity contribution in [2.24, 2.45) is 0 Å². The molecule has 0 heterocycles. The van der Waals surface area contributed by atoms with Gasteiger partial charge in [0.05, 0.1) is 13.0 Å². The number of rotatable bonds is 3. The summed E-state index contributed by atoms with van der Waals surface area (Å²) in [6, 6.07) is 14.0. The second-order valence-corrected chi connectivity index (χ2v) is 3.90. The van der Waals surface area contributed by atoms with Gasteiger partial charge >= 0.3 is 5.97 Å². The zero-order valence-corrected chi connectivity index (χ0v) is 9.84. The van der Waals surface area contributed by atoms with Gasteiger partial charge in [-0.25, -0.2) is 4.79 Å². The summed E-state index contributed by atoms with van der Waals surface area (Å²) in [6.45, 7) is 1.80. The highest BCUT2D eigenvalue weighted by molar-refractivity contribution is 5.85. The van der Waals surface area contributed by atoms with Crippen LogP contribution in [0.3, 0.4) is 0 Å². The van der Waals surface area contributed by atoms with Crippen molar-refractivity contribution in [3.05, 3.63) is 48.0 Å². The lowest BCUT2D eigenvalue weighted by molar-refractivity contribution is -0.256. The number of benzene rings is 2. The van der Waals surface area contributed by atoms with Gasteiger partial charge in [0.1, 0.15) is 0 Å². The molecule has 17 heavy (non-hydrogen) atoms. The van der Waals surface area contributed by atoms with E-state index in [9.17, 15) is 4.79 Å². The van der Waals surface area contributed by atoms with Crippen molar-refractivity contribution >= 4 is 16.7 Å². The Labute approximate surface area is 99.9 Å². The van der Waals surface area contributed by atoms with Crippen LogP contribution >= 0.6 is 0 Å². The lowest BCUT2D eigenvalue weighted by Crippen LogP contribution is -2.12. The molecule has 0 aliphatic rings. The van der Waals surface area contributed by atoms with Crippen molar-refractivity contribution in [1.82, 2.24) is 0 Å². The van der Waals surface area contributed by atoms with E-state index in [2.05, 4.69) is 9.78 Å². The lowest BCUT2D eigenvalue weighted by Gasteiger charge is -2.10. The first-order valence-corrected chi connectivity index (χ1v) is 5.45. The molecule has 0 saturated heterocycles. The van der Waals surface area contributed by atoms with Crippen molar-refractivity contribution in [2.75, 3.05) is 7.11 Å². The molecular formula is C14H14O3. The summed E-state index contributed by atoms with van der Waals surface area (Å²) in [5.74, 6) is -0.720. The topological polar surface area (TPSA) is 35.5 Å². The molecule has 88 valence electrons. The highest BCUT2D eigenvalue weighted by Crippen LogP contribution is 2.22. The fraction of sp³-hybridized carbons (Fsp3) is 0.214. The fourth-order valence-corrected chi connectivity index (χ4v) is 1.77. The average molecular weight is 230 g/mol. The molecule has 0 N–H and O–H groups in total. The number of carbonyl (C=O) groups excluding carboxylic acids is 1. The van der Waals surface area contributed by atoms with E-state index in [1.807, 2.05) is 42.5 Å². The third-order valence-corrected chi connectivity index (χ3v) is 2.79. The van der Waals surface area contributed by atoms with Crippen LogP contribution in [-0.2, 0) is 14.6 Å². The molecule has 0 unspecified atom stereocenters. The number of hydrogen-bond donors (Lipinski definition) is 0. The first kappa shape index (κ1) is 11.6. The summed E-state index contributed by atoms with van der Waals surface area (Å²) >= 11 is 0. The second-order valence-electron chi connectivity index (χ2n) is 3.90. The van der Waals surface area contributed by atoms with Crippen LogP contribution in [-0.4, -0.2) is 13.1 Å². The normalized spacial score (nSPS) is 12.4. The third kappa shape index (κ3) is 2.45. The molecular weight excluding hydrogens is 216 g/mol. The monoisotopic (exact) mass is 230 g/mol. The van der Waals surface area contributed by atoms with Crippen LogP contribution in [0.2, 0.25) is 0 Å². The van der Waals surface area contributed by atoms with E-state index in [1.54, 1.807) is 6.92 Å². The molecule has 2 rings (SSSR count). The van der Waals surface area contributed by atoms with Crippen LogP contribution in [0, 0.1) is 0 Å². The predicted octanol–water partition coefficient (Wildman–Crippen LogP) is 3.05. The maximum Gasteiger partial charge on any atom is 0.349 e. The first-order chi connectivity index (χ1) is 8.22. The Hall–Kier alpha value is -1.87. The van der Waals surface area contributed by atoms with E-state index in [0.717, 1.165) is 16.3 Å². The Bertz CT molecular complexity index is 534. The zero-order chi connectivity index (χ0) is 12.3. The minimum absolute atomic E-state index is 0.334. The number of hydrogen-bond acceptors (Lipinski definition) is 3. The van der Waals surface area contributed by atoms with Crippen LogP contribution in [0.15, 0.2) is 42.5 Å². The smallest absolute Gasteiger partial charge is 0.298 e. The second kappa shape index (κ2) is 4.97. The van der Waals surface area contributed by atoms with E-state index in [4.69, 9.17) is 0 Å². The summed E-state index contributed by atoms with van der Waals surface area (Å²) < 4.78 is 0. The van der Waals surface area contributed by atoms with E-state index >= 15 is 0 Å². The summed E-state index contributed by atoms with van der Waals surface area (Å²) in [7, 11) is 1.32. The van der Waals surface area contributed by atoms with Crippen LogP contribution < -0.4 is 0 Å². The Morgan fingerprint density at radius 1 is 1.12 bits per heavy atom. The molecule has 0 saturated carbocycles. The Morgan fingerprint density at radius 2 is 1.82 bits per heavy atom. The van der Waals surface area contributed by atoms with Gasteiger partial charge in [-0.05, 0) is 23.3 Å². The van der Waals surface area contributed by atoms with Gasteiger partial charge in [-0.15, -0.1) is 0 Å². The predicted molar refractivity (Wildman–Crippen MR) is 65.5 cm³/mol. The number of fused-ring (bicyclic) bond motifs is 1. The first-order valence-electron chi connectivity index (χ1n) is 5.45. The number of carbonyl (C=O) groups is 1. The standard InChI is InChI=1S/C14H14O3/c1-10(14(15)17-16-2)12-8-7-11-5-3-4-6-13(11)9-12/h3-10H,1-2H3/t10-/m0/s1. The summed E-state index contributed by atoms with van der Waals surface area (Å²) in [5, 5.41) is 2.27. The average Bonchev–Trinajstić information content (AvgIpc) is 2.37.